The third kappa shape index (κ3) is 3.29. The van der Waals surface area contributed by atoms with Crippen LogP contribution in [0.15, 0.2) is 42.6 Å². The number of amides is 1. The van der Waals surface area contributed by atoms with Crippen LogP contribution in [0.4, 0.5) is 5.13 Å². The molecule has 3 aromatic heterocycles. The zero-order valence-electron chi connectivity index (χ0n) is 15.8. The molecule has 0 saturated carbocycles. The topological polar surface area (TPSA) is 59.7 Å². The molecule has 8 heteroatoms. The number of pyridine rings is 1. The van der Waals surface area contributed by atoms with E-state index in [-0.39, 0.29) is 12.0 Å². The van der Waals surface area contributed by atoms with Gasteiger partial charge in [0.05, 0.1) is 28.1 Å². The van der Waals surface area contributed by atoms with Crippen LogP contribution in [-0.4, -0.2) is 39.5 Å². The van der Waals surface area contributed by atoms with Gasteiger partial charge in [-0.15, -0.1) is 0 Å². The van der Waals surface area contributed by atoms with Crippen molar-refractivity contribution >= 4 is 49.8 Å². The molecule has 1 aliphatic rings. The average molecular weight is 427 g/mol. The molecule has 0 bridgehead atoms. The molecule has 1 aromatic carbocycles. The predicted octanol–water partition coefficient (Wildman–Crippen LogP) is 4.73. The lowest BCUT2D eigenvalue weighted by Crippen LogP contribution is -2.38. The first-order valence-electron chi connectivity index (χ1n) is 9.54. The van der Waals surface area contributed by atoms with E-state index in [9.17, 15) is 4.79 Å². The number of carbonyl (C=O) groups is 1. The highest BCUT2D eigenvalue weighted by Crippen LogP contribution is 2.34. The number of ether oxygens (including phenoxy) is 1. The van der Waals surface area contributed by atoms with Gasteiger partial charge in [-0.05, 0) is 44.0 Å². The largest absolute Gasteiger partial charge is 0.376 e. The summed E-state index contributed by atoms with van der Waals surface area (Å²) in [5, 5.41) is 1.21. The highest BCUT2D eigenvalue weighted by atomic mass is 35.5. The Morgan fingerprint density at radius 1 is 1.31 bits per heavy atom. The van der Waals surface area contributed by atoms with E-state index < -0.39 is 0 Å². The molecule has 29 heavy (non-hydrogen) atoms. The molecule has 6 nitrogen and oxygen atoms in total. The quantitative estimate of drug-likeness (QED) is 0.473. The molecule has 5 rings (SSSR count). The molecule has 1 unspecified atom stereocenters. The molecule has 0 radical (unpaired) electrons. The maximum atomic E-state index is 13.7. The van der Waals surface area contributed by atoms with E-state index in [2.05, 4.69) is 4.98 Å². The van der Waals surface area contributed by atoms with E-state index >= 15 is 0 Å². The smallest absolute Gasteiger partial charge is 0.279 e. The van der Waals surface area contributed by atoms with E-state index in [1.807, 2.05) is 53.9 Å². The Kier molecular flexibility index (Phi) is 4.73. The van der Waals surface area contributed by atoms with Gasteiger partial charge < -0.3 is 4.74 Å². The number of rotatable bonds is 4. The molecule has 1 aliphatic heterocycles. The normalized spacial score (nSPS) is 16.7. The summed E-state index contributed by atoms with van der Waals surface area (Å²) in [5.41, 5.74) is 2.70. The summed E-state index contributed by atoms with van der Waals surface area (Å²) in [4.78, 5) is 24.7. The van der Waals surface area contributed by atoms with E-state index in [1.54, 1.807) is 4.90 Å². The third-order valence-electron chi connectivity index (χ3n) is 5.15. The number of fused-ring (bicyclic) bond motifs is 2. The van der Waals surface area contributed by atoms with Crippen LogP contribution >= 0.6 is 22.9 Å². The summed E-state index contributed by atoms with van der Waals surface area (Å²) in [7, 11) is 0. The van der Waals surface area contributed by atoms with Crippen LogP contribution in [0.2, 0.25) is 5.02 Å². The molecule has 1 atom stereocenters. The van der Waals surface area contributed by atoms with E-state index in [0.717, 1.165) is 29.8 Å². The summed E-state index contributed by atoms with van der Waals surface area (Å²) in [5.74, 6) is -0.133. The Labute approximate surface area is 176 Å². The van der Waals surface area contributed by atoms with Gasteiger partial charge in [0.1, 0.15) is 16.9 Å². The summed E-state index contributed by atoms with van der Waals surface area (Å²) in [6.07, 6.45) is 3.80. The maximum Gasteiger partial charge on any atom is 0.279 e. The van der Waals surface area contributed by atoms with E-state index in [4.69, 9.17) is 21.3 Å². The minimum atomic E-state index is -0.133. The minimum Gasteiger partial charge on any atom is -0.376 e. The molecule has 1 fully saturated rings. The molecular weight excluding hydrogens is 408 g/mol. The Morgan fingerprint density at radius 3 is 3.00 bits per heavy atom. The van der Waals surface area contributed by atoms with Crippen LogP contribution in [0.25, 0.3) is 15.9 Å². The standard InChI is InChI=1S/C21H19ClN4O2S/c1-13-19(25-10-3-2-9-17(25)23-13)20(27)26(12-14-6-5-11-28-14)21-24-18-15(22)7-4-8-16(18)29-21/h2-4,7-10,14H,5-6,11-12H2,1H3. The first-order chi connectivity index (χ1) is 14.1. The van der Waals surface area contributed by atoms with Gasteiger partial charge in [-0.2, -0.15) is 0 Å². The molecule has 0 spiro atoms. The second kappa shape index (κ2) is 7.40. The van der Waals surface area contributed by atoms with Crippen LogP contribution in [0.1, 0.15) is 29.0 Å². The van der Waals surface area contributed by atoms with Gasteiger partial charge in [-0.25, -0.2) is 9.97 Å². The number of imidazole rings is 1. The summed E-state index contributed by atoms with van der Waals surface area (Å²) in [6.45, 7) is 3.04. The Morgan fingerprint density at radius 2 is 2.21 bits per heavy atom. The Hall–Kier alpha value is -2.48. The molecular formula is C21H19ClN4O2S. The van der Waals surface area contributed by atoms with Crippen molar-refractivity contribution in [2.45, 2.75) is 25.9 Å². The van der Waals surface area contributed by atoms with Gasteiger partial charge in [0.25, 0.3) is 5.91 Å². The van der Waals surface area contributed by atoms with Gasteiger partial charge in [0.2, 0.25) is 0 Å². The van der Waals surface area contributed by atoms with Crippen LogP contribution in [0, 0.1) is 6.92 Å². The fourth-order valence-corrected chi connectivity index (χ4v) is 5.03. The summed E-state index contributed by atoms with van der Waals surface area (Å²) < 4.78 is 8.61. The Balaban J connectivity index is 1.61. The molecule has 1 amide bonds. The number of halogens is 1. The van der Waals surface area contributed by atoms with Crippen LogP contribution in [-0.2, 0) is 4.74 Å². The number of nitrogens with zero attached hydrogens (tertiary/aromatic N) is 4. The molecule has 4 heterocycles. The molecule has 0 N–H and O–H groups in total. The second-order valence-corrected chi connectivity index (χ2v) is 8.52. The van der Waals surface area contributed by atoms with Crippen molar-refractivity contribution in [3.63, 3.8) is 0 Å². The number of para-hydroxylation sites is 1. The fourth-order valence-electron chi connectivity index (χ4n) is 3.76. The molecule has 0 aliphatic carbocycles. The zero-order valence-corrected chi connectivity index (χ0v) is 17.4. The molecule has 4 aromatic rings. The number of hydrogen-bond donors (Lipinski definition) is 0. The van der Waals surface area contributed by atoms with Gasteiger partial charge in [0, 0.05) is 12.8 Å². The van der Waals surface area contributed by atoms with Gasteiger partial charge in [-0.3, -0.25) is 14.1 Å². The number of aromatic nitrogens is 3. The van der Waals surface area contributed by atoms with Crippen molar-refractivity contribution in [1.29, 1.82) is 0 Å². The SMILES string of the molecule is Cc1nc2ccccn2c1C(=O)N(CC1CCCO1)c1nc2c(Cl)cccc2s1. The van der Waals surface area contributed by atoms with Crippen LogP contribution < -0.4 is 4.90 Å². The highest BCUT2D eigenvalue weighted by molar-refractivity contribution is 7.22. The minimum absolute atomic E-state index is 0.000857. The lowest BCUT2D eigenvalue weighted by molar-refractivity contribution is 0.0912. The number of anilines is 1. The third-order valence-corrected chi connectivity index (χ3v) is 6.50. The lowest BCUT2D eigenvalue weighted by atomic mass is 10.2. The number of carbonyl (C=O) groups excluding carboxylic acids is 1. The highest BCUT2D eigenvalue weighted by Gasteiger charge is 2.30. The molecule has 148 valence electrons. The second-order valence-electron chi connectivity index (χ2n) is 7.11. The van der Waals surface area contributed by atoms with Gasteiger partial charge in [0.15, 0.2) is 5.13 Å². The number of benzene rings is 1. The van der Waals surface area contributed by atoms with Crippen molar-refractivity contribution in [3.05, 3.63) is 59.0 Å². The van der Waals surface area contributed by atoms with Crippen molar-refractivity contribution in [2.24, 2.45) is 0 Å². The lowest BCUT2D eigenvalue weighted by Gasteiger charge is -2.23. The number of aryl methyl sites for hydroxylation is 1. The summed E-state index contributed by atoms with van der Waals surface area (Å²) in [6, 6.07) is 11.4. The fraction of sp³-hybridized carbons (Fsp3) is 0.286. The maximum absolute atomic E-state index is 13.7. The average Bonchev–Trinajstić information content (AvgIpc) is 3.43. The first-order valence-corrected chi connectivity index (χ1v) is 10.7. The van der Waals surface area contributed by atoms with E-state index in [1.165, 1.54) is 11.3 Å². The summed E-state index contributed by atoms with van der Waals surface area (Å²) >= 11 is 7.79. The van der Waals surface area contributed by atoms with E-state index in [0.29, 0.717) is 33.6 Å². The van der Waals surface area contributed by atoms with Crippen LogP contribution in [0.3, 0.4) is 0 Å². The monoisotopic (exact) mass is 426 g/mol. The van der Waals surface area contributed by atoms with Gasteiger partial charge in [-0.1, -0.05) is 35.1 Å². The van der Waals surface area contributed by atoms with Gasteiger partial charge >= 0.3 is 0 Å². The van der Waals surface area contributed by atoms with Crippen molar-refractivity contribution in [1.82, 2.24) is 14.4 Å². The zero-order chi connectivity index (χ0) is 20.0. The first kappa shape index (κ1) is 18.5. The van der Waals surface area contributed by atoms with Crippen molar-refractivity contribution < 1.29 is 9.53 Å². The Bertz CT molecular complexity index is 1210. The van der Waals surface area contributed by atoms with Crippen molar-refractivity contribution in [2.75, 3.05) is 18.1 Å². The van der Waals surface area contributed by atoms with Crippen LogP contribution in [0.5, 0.6) is 0 Å². The number of thiazole rings is 1. The predicted molar refractivity (Wildman–Crippen MR) is 115 cm³/mol. The molecule has 1 saturated heterocycles. The van der Waals surface area contributed by atoms with Crippen molar-refractivity contribution in [3.8, 4) is 0 Å². The number of hydrogen-bond acceptors (Lipinski definition) is 5.